The Balaban J connectivity index is 1.92. The average molecular weight is 408 g/mol. The summed E-state index contributed by atoms with van der Waals surface area (Å²) in [5.74, 6) is -0.428. The van der Waals surface area contributed by atoms with Gasteiger partial charge in [-0.25, -0.2) is 9.59 Å². The minimum Gasteiger partial charge on any atom is -0.463 e. The molecule has 2 aromatic carbocycles. The minimum atomic E-state index is -0.562. The highest BCUT2D eigenvalue weighted by molar-refractivity contribution is 5.95. The maximum absolute atomic E-state index is 12.9. The zero-order valence-corrected chi connectivity index (χ0v) is 18.0. The molecule has 30 heavy (non-hydrogen) atoms. The van der Waals surface area contributed by atoms with Crippen molar-refractivity contribution < 1.29 is 14.3 Å². The predicted octanol–water partition coefficient (Wildman–Crippen LogP) is 3.57. The van der Waals surface area contributed by atoms with E-state index < -0.39 is 12.0 Å². The fourth-order valence-corrected chi connectivity index (χ4v) is 3.67. The van der Waals surface area contributed by atoms with Crippen molar-refractivity contribution in [3.8, 4) is 0 Å². The molecule has 2 amide bonds. The van der Waals surface area contributed by atoms with Gasteiger partial charge in [0.2, 0.25) is 0 Å². The summed E-state index contributed by atoms with van der Waals surface area (Å²) >= 11 is 0. The molecular formula is C24H29N3O3. The molecule has 0 bridgehead atoms. The van der Waals surface area contributed by atoms with Gasteiger partial charge in [-0.15, -0.1) is 0 Å². The van der Waals surface area contributed by atoms with Gasteiger partial charge >= 0.3 is 12.0 Å². The fourth-order valence-electron chi connectivity index (χ4n) is 3.67. The summed E-state index contributed by atoms with van der Waals surface area (Å²) < 4.78 is 5.33. The first-order valence-electron chi connectivity index (χ1n) is 10.2. The molecule has 0 saturated carbocycles. The highest BCUT2D eigenvalue weighted by Gasteiger charge is 2.34. The molecule has 3 rings (SSSR count). The molecule has 0 saturated heterocycles. The van der Waals surface area contributed by atoms with Gasteiger partial charge in [0.15, 0.2) is 0 Å². The van der Waals surface area contributed by atoms with Crippen molar-refractivity contribution >= 4 is 12.0 Å². The summed E-state index contributed by atoms with van der Waals surface area (Å²) in [6, 6.07) is 13.3. The lowest BCUT2D eigenvalue weighted by Gasteiger charge is -2.30. The zero-order chi connectivity index (χ0) is 21.7. The van der Waals surface area contributed by atoms with Crippen LogP contribution in [0.15, 0.2) is 53.7 Å². The summed E-state index contributed by atoms with van der Waals surface area (Å²) in [5.41, 5.74) is 6.25. The van der Waals surface area contributed by atoms with Crippen LogP contribution in [0.5, 0.6) is 0 Å². The number of hydrogen-bond donors (Lipinski definition) is 3. The summed E-state index contributed by atoms with van der Waals surface area (Å²) in [7, 11) is 0. The van der Waals surface area contributed by atoms with Gasteiger partial charge in [0, 0.05) is 18.8 Å². The van der Waals surface area contributed by atoms with E-state index in [4.69, 9.17) is 4.74 Å². The topological polar surface area (TPSA) is 79.5 Å². The molecule has 0 radical (unpaired) electrons. The standard InChI is InChI=1S/C24H29N3O3/c1-5-30-23(28)21-20(14-25-13-18-8-6-7-15(2)11-18)26-24(29)27-22(21)19-12-16(3)9-10-17(19)4/h6-12,22,25H,5,13-14H2,1-4H3,(H2,26,27,29)/t22-/m1/s1. The summed E-state index contributed by atoms with van der Waals surface area (Å²) in [5, 5.41) is 9.04. The van der Waals surface area contributed by atoms with Crippen LogP contribution in [0.2, 0.25) is 0 Å². The van der Waals surface area contributed by atoms with Crippen LogP contribution in [-0.2, 0) is 16.1 Å². The third kappa shape index (κ3) is 5.07. The van der Waals surface area contributed by atoms with Gasteiger partial charge in [0.25, 0.3) is 0 Å². The van der Waals surface area contributed by atoms with Crippen LogP contribution < -0.4 is 16.0 Å². The second kappa shape index (κ2) is 9.59. The van der Waals surface area contributed by atoms with E-state index in [0.29, 0.717) is 24.4 Å². The Morgan fingerprint density at radius 1 is 1.07 bits per heavy atom. The predicted molar refractivity (Wildman–Crippen MR) is 117 cm³/mol. The number of nitrogens with one attached hydrogen (secondary N) is 3. The van der Waals surface area contributed by atoms with E-state index in [1.54, 1.807) is 6.92 Å². The van der Waals surface area contributed by atoms with Crippen LogP contribution in [-0.4, -0.2) is 25.2 Å². The molecule has 158 valence electrons. The monoisotopic (exact) mass is 407 g/mol. The van der Waals surface area contributed by atoms with Gasteiger partial charge in [0.1, 0.15) is 0 Å². The van der Waals surface area contributed by atoms with E-state index in [1.165, 1.54) is 5.56 Å². The maximum atomic E-state index is 12.9. The third-order valence-electron chi connectivity index (χ3n) is 5.11. The Morgan fingerprint density at radius 3 is 2.57 bits per heavy atom. The maximum Gasteiger partial charge on any atom is 0.338 e. The van der Waals surface area contributed by atoms with E-state index in [-0.39, 0.29) is 12.6 Å². The molecular weight excluding hydrogens is 378 g/mol. The van der Waals surface area contributed by atoms with Crippen molar-refractivity contribution in [2.24, 2.45) is 0 Å². The highest BCUT2D eigenvalue weighted by atomic mass is 16.5. The van der Waals surface area contributed by atoms with Crippen molar-refractivity contribution in [2.75, 3.05) is 13.2 Å². The van der Waals surface area contributed by atoms with Crippen LogP contribution in [0.1, 0.15) is 40.8 Å². The number of carbonyl (C=O) groups excluding carboxylic acids is 2. The van der Waals surface area contributed by atoms with Crippen molar-refractivity contribution in [3.63, 3.8) is 0 Å². The smallest absolute Gasteiger partial charge is 0.338 e. The Hall–Kier alpha value is -3.12. The van der Waals surface area contributed by atoms with Crippen LogP contribution in [0.3, 0.4) is 0 Å². The SMILES string of the molecule is CCOC(=O)C1=C(CNCc2cccc(C)c2)NC(=O)N[C@@H]1c1cc(C)ccc1C. The molecule has 0 spiro atoms. The normalized spacial score (nSPS) is 16.1. The number of urea groups is 1. The number of amides is 2. The van der Waals surface area contributed by atoms with Crippen molar-refractivity contribution in [2.45, 2.75) is 40.3 Å². The Morgan fingerprint density at radius 2 is 1.83 bits per heavy atom. The molecule has 3 N–H and O–H groups in total. The molecule has 1 aliphatic rings. The van der Waals surface area contributed by atoms with Crippen LogP contribution in [0.4, 0.5) is 4.79 Å². The van der Waals surface area contributed by atoms with Gasteiger partial charge < -0.3 is 20.7 Å². The van der Waals surface area contributed by atoms with Crippen molar-refractivity contribution in [1.82, 2.24) is 16.0 Å². The van der Waals surface area contributed by atoms with Gasteiger partial charge in [-0.2, -0.15) is 0 Å². The largest absolute Gasteiger partial charge is 0.463 e. The van der Waals surface area contributed by atoms with E-state index >= 15 is 0 Å². The van der Waals surface area contributed by atoms with E-state index in [9.17, 15) is 9.59 Å². The molecule has 2 aromatic rings. The van der Waals surface area contributed by atoms with Gasteiger partial charge in [-0.1, -0.05) is 53.6 Å². The number of esters is 1. The highest BCUT2D eigenvalue weighted by Crippen LogP contribution is 2.30. The number of benzene rings is 2. The first kappa shape index (κ1) is 21.6. The molecule has 6 heteroatoms. The summed E-state index contributed by atoms with van der Waals surface area (Å²) in [6.07, 6.45) is 0. The lowest BCUT2D eigenvalue weighted by atomic mass is 9.91. The number of ether oxygens (including phenoxy) is 1. The molecule has 1 heterocycles. The quantitative estimate of drug-likeness (QED) is 0.613. The number of aryl methyl sites for hydroxylation is 3. The fraction of sp³-hybridized carbons (Fsp3) is 0.333. The summed E-state index contributed by atoms with van der Waals surface area (Å²) in [6.45, 7) is 9.02. The lowest BCUT2D eigenvalue weighted by molar-refractivity contribution is -0.139. The lowest BCUT2D eigenvalue weighted by Crippen LogP contribution is -2.48. The van der Waals surface area contributed by atoms with Crippen LogP contribution in [0, 0.1) is 20.8 Å². The Bertz CT molecular complexity index is 981. The number of carbonyl (C=O) groups is 2. The van der Waals surface area contributed by atoms with Crippen LogP contribution in [0.25, 0.3) is 0 Å². The molecule has 0 aliphatic carbocycles. The average Bonchev–Trinajstić information content (AvgIpc) is 2.69. The molecule has 1 atom stereocenters. The second-order valence-corrected chi connectivity index (χ2v) is 7.60. The number of hydrogen-bond acceptors (Lipinski definition) is 4. The van der Waals surface area contributed by atoms with Gasteiger partial charge in [-0.3, -0.25) is 0 Å². The van der Waals surface area contributed by atoms with E-state index in [0.717, 1.165) is 22.3 Å². The van der Waals surface area contributed by atoms with Crippen molar-refractivity contribution in [1.29, 1.82) is 0 Å². The molecule has 1 aliphatic heterocycles. The van der Waals surface area contributed by atoms with Crippen molar-refractivity contribution in [3.05, 3.63) is 81.6 Å². The first-order valence-corrected chi connectivity index (χ1v) is 10.2. The van der Waals surface area contributed by atoms with Gasteiger partial charge in [-0.05, 0) is 44.4 Å². The molecule has 0 fully saturated rings. The third-order valence-corrected chi connectivity index (χ3v) is 5.11. The Kier molecular flexibility index (Phi) is 6.90. The van der Waals surface area contributed by atoms with Gasteiger partial charge in [0.05, 0.1) is 18.2 Å². The second-order valence-electron chi connectivity index (χ2n) is 7.60. The zero-order valence-electron chi connectivity index (χ0n) is 18.0. The van der Waals surface area contributed by atoms with E-state index in [1.807, 2.05) is 57.2 Å². The minimum absolute atomic E-state index is 0.264. The molecule has 6 nitrogen and oxygen atoms in total. The molecule has 0 aromatic heterocycles. The van der Waals surface area contributed by atoms with E-state index in [2.05, 4.69) is 22.0 Å². The Labute approximate surface area is 177 Å². The summed E-state index contributed by atoms with van der Waals surface area (Å²) in [4.78, 5) is 25.3. The molecule has 0 unspecified atom stereocenters. The first-order chi connectivity index (χ1) is 14.4. The van der Waals surface area contributed by atoms with Crippen LogP contribution >= 0.6 is 0 Å². The number of rotatable bonds is 7.